The van der Waals surface area contributed by atoms with Crippen LogP contribution in [0.2, 0.25) is 5.02 Å². The van der Waals surface area contributed by atoms with Crippen molar-refractivity contribution in [3.63, 3.8) is 0 Å². The van der Waals surface area contributed by atoms with E-state index < -0.39 is 0 Å². The highest BCUT2D eigenvalue weighted by atomic mass is 35.5. The average Bonchev–Trinajstić information content (AvgIpc) is 2.63. The van der Waals surface area contributed by atoms with Crippen LogP contribution in [0.3, 0.4) is 0 Å². The number of allylic oxidation sites excluding steroid dienone is 1. The minimum atomic E-state index is 0.636. The van der Waals surface area contributed by atoms with Gasteiger partial charge in [-0.2, -0.15) is 0 Å². The second kappa shape index (κ2) is 8.72. The molecule has 0 radical (unpaired) electrons. The third kappa shape index (κ3) is 5.10. The Morgan fingerprint density at radius 3 is 2.84 bits per heavy atom. The number of hydrogen-bond acceptors (Lipinski definition) is 5. The van der Waals surface area contributed by atoms with Crippen molar-refractivity contribution in [2.75, 3.05) is 24.3 Å². The van der Waals surface area contributed by atoms with E-state index in [0.29, 0.717) is 16.6 Å². The van der Waals surface area contributed by atoms with Gasteiger partial charge >= 0.3 is 0 Å². The number of hydrogen-bond donors (Lipinski definition) is 2. The summed E-state index contributed by atoms with van der Waals surface area (Å²) < 4.78 is 5.35. The average molecular weight is 359 g/mol. The highest BCUT2D eigenvalue weighted by molar-refractivity contribution is 6.31. The predicted molar refractivity (Wildman–Crippen MR) is 103 cm³/mol. The molecule has 0 unspecified atom stereocenters. The second-order valence-electron chi connectivity index (χ2n) is 6.04. The molecule has 1 aromatic carbocycles. The lowest BCUT2D eigenvalue weighted by molar-refractivity contribution is 0.417. The minimum Gasteiger partial charge on any atom is -0.495 e. The molecular weight excluding hydrogens is 336 g/mol. The Balaban J connectivity index is 1.61. The fourth-order valence-electron chi connectivity index (χ4n) is 2.92. The molecule has 25 heavy (non-hydrogen) atoms. The summed E-state index contributed by atoms with van der Waals surface area (Å²) in [4.78, 5) is 8.55. The van der Waals surface area contributed by atoms with Crippen LogP contribution >= 0.6 is 11.6 Å². The van der Waals surface area contributed by atoms with Crippen molar-refractivity contribution < 1.29 is 4.74 Å². The Morgan fingerprint density at radius 2 is 2.04 bits per heavy atom. The van der Waals surface area contributed by atoms with Crippen molar-refractivity contribution in [1.29, 1.82) is 0 Å². The maximum Gasteiger partial charge on any atom is 0.142 e. The number of halogens is 1. The number of benzene rings is 1. The van der Waals surface area contributed by atoms with Gasteiger partial charge in [0, 0.05) is 17.6 Å². The van der Waals surface area contributed by atoms with Gasteiger partial charge in [0.2, 0.25) is 0 Å². The van der Waals surface area contributed by atoms with Gasteiger partial charge in [-0.15, -0.1) is 0 Å². The molecule has 5 nitrogen and oxygen atoms in total. The van der Waals surface area contributed by atoms with E-state index >= 15 is 0 Å². The number of anilines is 3. The zero-order chi connectivity index (χ0) is 17.5. The molecule has 1 aromatic heterocycles. The van der Waals surface area contributed by atoms with Crippen molar-refractivity contribution >= 4 is 28.9 Å². The normalized spacial score (nSPS) is 13.9. The maximum atomic E-state index is 6.07. The van der Waals surface area contributed by atoms with E-state index in [0.717, 1.165) is 24.5 Å². The van der Waals surface area contributed by atoms with Crippen LogP contribution in [-0.2, 0) is 0 Å². The molecule has 0 fully saturated rings. The van der Waals surface area contributed by atoms with Crippen molar-refractivity contribution in [2.24, 2.45) is 0 Å². The summed E-state index contributed by atoms with van der Waals surface area (Å²) in [5.74, 6) is 2.20. The zero-order valence-electron chi connectivity index (χ0n) is 14.4. The molecule has 0 saturated heterocycles. The van der Waals surface area contributed by atoms with Gasteiger partial charge in [-0.05, 0) is 50.3 Å². The number of nitrogens with one attached hydrogen (secondary N) is 2. The summed E-state index contributed by atoms with van der Waals surface area (Å²) in [6.45, 7) is 0.878. The molecule has 6 heteroatoms. The first-order valence-electron chi connectivity index (χ1n) is 8.59. The summed E-state index contributed by atoms with van der Waals surface area (Å²) >= 11 is 6.07. The summed E-state index contributed by atoms with van der Waals surface area (Å²) in [5, 5.41) is 7.24. The Kier molecular flexibility index (Phi) is 6.12. The lowest BCUT2D eigenvalue weighted by Gasteiger charge is -2.14. The van der Waals surface area contributed by atoms with Gasteiger partial charge in [-0.1, -0.05) is 23.3 Å². The maximum absolute atomic E-state index is 6.07. The van der Waals surface area contributed by atoms with Crippen LogP contribution in [0.5, 0.6) is 5.75 Å². The topological polar surface area (TPSA) is 59.1 Å². The van der Waals surface area contributed by atoms with Crippen molar-refractivity contribution in [3.05, 3.63) is 47.3 Å². The smallest absolute Gasteiger partial charge is 0.142 e. The molecule has 0 saturated carbocycles. The standard InChI is InChI=1S/C19H23ClN4O/c1-25-17-8-7-15(20)11-16(17)24-19-12-18(22-13-23-19)21-10-9-14-5-3-2-4-6-14/h5,7-8,11-13H,2-4,6,9-10H2,1H3,(H2,21,22,23,24). The summed E-state index contributed by atoms with van der Waals surface area (Å²) in [6.07, 6.45) is 10.1. The number of ether oxygens (including phenoxy) is 1. The molecule has 3 rings (SSSR count). The van der Waals surface area contributed by atoms with E-state index in [1.807, 2.05) is 18.2 Å². The zero-order valence-corrected chi connectivity index (χ0v) is 15.1. The highest BCUT2D eigenvalue weighted by Crippen LogP contribution is 2.30. The first-order valence-corrected chi connectivity index (χ1v) is 8.97. The van der Waals surface area contributed by atoms with Crippen molar-refractivity contribution in [3.8, 4) is 5.75 Å². The number of rotatable bonds is 7. The lowest BCUT2D eigenvalue weighted by Crippen LogP contribution is -2.06. The van der Waals surface area contributed by atoms with Gasteiger partial charge in [0.15, 0.2) is 0 Å². The minimum absolute atomic E-state index is 0.636. The van der Waals surface area contributed by atoms with Crippen LogP contribution in [-0.4, -0.2) is 23.6 Å². The Bertz CT molecular complexity index is 748. The molecule has 1 aliphatic carbocycles. The largest absolute Gasteiger partial charge is 0.495 e. The molecular formula is C19H23ClN4O. The predicted octanol–water partition coefficient (Wildman–Crippen LogP) is 5.18. The summed E-state index contributed by atoms with van der Waals surface area (Å²) in [7, 11) is 1.63. The Morgan fingerprint density at radius 1 is 1.16 bits per heavy atom. The van der Waals surface area contributed by atoms with E-state index in [9.17, 15) is 0 Å². The SMILES string of the molecule is COc1ccc(Cl)cc1Nc1cc(NCCC2=CCCCC2)ncn1. The molecule has 0 aliphatic heterocycles. The molecule has 0 atom stereocenters. The van der Waals surface area contributed by atoms with Crippen LogP contribution in [0, 0.1) is 0 Å². The lowest BCUT2D eigenvalue weighted by atomic mass is 9.97. The van der Waals surface area contributed by atoms with E-state index in [-0.39, 0.29) is 0 Å². The van der Waals surface area contributed by atoms with Gasteiger partial charge in [0.1, 0.15) is 23.7 Å². The van der Waals surface area contributed by atoms with Crippen LogP contribution < -0.4 is 15.4 Å². The number of aromatic nitrogens is 2. The van der Waals surface area contributed by atoms with Crippen LogP contribution in [0.4, 0.5) is 17.3 Å². The van der Waals surface area contributed by atoms with Crippen LogP contribution in [0.1, 0.15) is 32.1 Å². The highest BCUT2D eigenvalue weighted by Gasteiger charge is 2.07. The Hall–Kier alpha value is -2.27. The third-order valence-corrected chi connectivity index (χ3v) is 4.46. The fraction of sp³-hybridized carbons (Fsp3) is 0.368. The van der Waals surface area contributed by atoms with Gasteiger partial charge in [-0.25, -0.2) is 9.97 Å². The van der Waals surface area contributed by atoms with E-state index in [1.54, 1.807) is 25.1 Å². The van der Waals surface area contributed by atoms with Crippen LogP contribution in [0.25, 0.3) is 0 Å². The molecule has 2 aromatic rings. The van der Waals surface area contributed by atoms with Crippen molar-refractivity contribution in [2.45, 2.75) is 32.1 Å². The summed E-state index contributed by atoms with van der Waals surface area (Å²) in [5.41, 5.74) is 2.32. The number of methoxy groups -OCH3 is 1. The third-order valence-electron chi connectivity index (χ3n) is 4.23. The Labute approximate surface area is 153 Å². The monoisotopic (exact) mass is 358 g/mol. The van der Waals surface area contributed by atoms with Crippen molar-refractivity contribution in [1.82, 2.24) is 9.97 Å². The van der Waals surface area contributed by atoms with Gasteiger partial charge < -0.3 is 15.4 Å². The van der Waals surface area contributed by atoms with E-state index in [4.69, 9.17) is 16.3 Å². The molecule has 2 N–H and O–H groups in total. The summed E-state index contributed by atoms with van der Waals surface area (Å²) in [6, 6.07) is 7.31. The molecule has 0 bridgehead atoms. The quantitative estimate of drug-likeness (QED) is 0.667. The number of nitrogens with zero attached hydrogens (tertiary/aromatic N) is 2. The first-order chi connectivity index (χ1) is 12.2. The van der Waals surface area contributed by atoms with Gasteiger partial charge in [-0.3, -0.25) is 0 Å². The molecule has 0 spiro atoms. The first kappa shape index (κ1) is 17.5. The molecule has 1 heterocycles. The fourth-order valence-corrected chi connectivity index (χ4v) is 3.09. The van der Waals surface area contributed by atoms with Gasteiger partial charge in [0.05, 0.1) is 12.8 Å². The second-order valence-corrected chi connectivity index (χ2v) is 6.48. The molecule has 1 aliphatic rings. The molecule has 0 amide bonds. The molecule has 132 valence electrons. The van der Waals surface area contributed by atoms with E-state index in [2.05, 4.69) is 26.7 Å². The van der Waals surface area contributed by atoms with E-state index in [1.165, 1.54) is 25.7 Å². The van der Waals surface area contributed by atoms with Gasteiger partial charge in [0.25, 0.3) is 0 Å². The van der Waals surface area contributed by atoms with Crippen LogP contribution in [0.15, 0.2) is 42.2 Å².